The lowest BCUT2D eigenvalue weighted by atomic mass is 9.94. The molecule has 1 amide bonds. The molecule has 3 heterocycles. The van der Waals surface area contributed by atoms with Gasteiger partial charge in [0.25, 0.3) is 5.56 Å². The Balaban J connectivity index is 1.79. The Hall–Kier alpha value is -1.69. The molecule has 1 atom stereocenters. The van der Waals surface area contributed by atoms with Crippen molar-refractivity contribution in [2.24, 2.45) is 5.92 Å². The number of rotatable bonds is 4. The minimum Gasteiger partial charge on any atom is -0.342 e. The van der Waals surface area contributed by atoms with Crippen LogP contribution in [0.1, 0.15) is 62.5 Å². The number of aromatic nitrogens is 2. The highest BCUT2D eigenvalue weighted by molar-refractivity contribution is 5.78. The number of carbonyl (C=O) groups is 1. The highest BCUT2D eigenvalue weighted by atomic mass is 16.2. The molecule has 1 aromatic rings. The molecular formula is C19H30N4O2. The lowest BCUT2D eigenvalue weighted by molar-refractivity contribution is -0.137. The molecule has 0 unspecified atom stereocenters. The van der Waals surface area contributed by atoms with Crippen molar-refractivity contribution in [2.75, 3.05) is 26.7 Å². The van der Waals surface area contributed by atoms with Crippen LogP contribution in [0.4, 0.5) is 0 Å². The molecule has 1 saturated heterocycles. The van der Waals surface area contributed by atoms with E-state index < -0.39 is 0 Å². The van der Waals surface area contributed by atoms with Crippen molar-refractivity contribution in [3.8, 4) is 0 Å². The number of carbonyl (C=O) groups excluding carboxylic acids is 1. The molecule has 1 fully saturated rings. The van der Waals surface area contributed by atoms with Crippen molar-refractivity contribution < 1.29 is 4.79 Å². The Bertz CT molecular complexity index is 680. The van der Waals surface area contributed by atoms with Crippen molar-refractivity contribution in [1.29, 1.82) is 0 Å². The average molecular weight is 346 g/mol. The van der Waals surface area contributed by atoms with E-state index in [4.69, 9.17) is 4.98 Å². The molecule has 1 N–H and O–H groups in total. The molecule has 0 radical (unpaired) electrons. The van der Waals surface area contributed by atoms with Crippen LogP contribution in [0, 0.1) is 5.92 Å². The Kier molecular flexibility index (Phi) is 5.57. The Morgan fingerprint density at radius 2 is 2.08 bits per heavy atom. The molecule has 25 heavy (non-hydrogen) atoms. The predicted octanol–water partition coefficient (Wildman–Crippen LogP) is 1.90. The molecule has 3 rings (SSSR count). The van der Waals surface area contributed by atoms with Gasteiger partial charge in [-0.25, -0.2) is 4.98 Å². The summed E-state index contributed by atoms with van der Waals surface area (Å²) in [5.74, 6) is 1.29. The number of H-pyrrole nitrogens is 1. The summed E-state index contributed by atoms with van der Waals surface area (Å²) >= 11 is 0. The van der Waals surface area contributed by atoms with Crippen molar-refractivity contribution >= 4 is 5.91 Å². The van der Waals surface area contributed by atoms with Crippen LogP contribution < -0.4 is 5.56 Å². The standard InChI is InChI=1S/C19H30N4O2/c1-4-13(5-2)19(25)23-9-6-7-14(11-23)17-20-16-8-10-22(3)12-15(16)18(24)21-17/h13-14H,4-12H2,1-3H3,(H,20,21,24)/t14-/m0/s1. The van der Waals surface area contributed by atoms with Gasteiger partial charge in [-0.3, -0.25) is 9.59 Å². The number of piperidine rings is 1. The number of fused-ring (bicyclic) bond motifs is 1. The number of hydrogen-bond donors (Lipinski definition) is 1. The summed E-state index contributed by atoms with van der Waals surface area (Å²) in [6.45, 7) is 7.26. The molecule has 2 aliphatic rings. The molecule has 1 aromatic heterocycles. The smallest absolute Gasteiger partial charge is 0.255 e. The van der Waals surface area contributed by atoms with Crippen LogP contribution in [0.3, 0.4) is 0 Å². The fraction of sp³-hybridized carbons (Fsp3) is 0.737. The van der Waals surface area contributed by atoms with Crippen molar-refractivity contribution in [1.82, 2.24) is 19.8 Å². The Morgan fingerprint density at radius 1 is 1.32 bits per heavy atom. The van der Waals surface area contributed by atoms with Crippen LogP contribution in [-0.2, 0) is 17.8 Å². The maximum Gasteiger partial charge on any atom is 0.255 e. The first-order chi connectivity index (χ1) is 12.0. The number of hydrogen-bond acceptors (Lipinski definition) is 4. The van der Waals surface area contributed by atoms with E-state index in [-0.39, 0.29) is 23.3 Å². The van der Waals surface area contributed by atoms with Gasteiger partial charge in [0.15, 0.2) is 0 Å². The lowest BCUT2D eigenvalue weighted by Crippen LogP contribution is -2.43. The van der Waals surface area contributed by atoms with E-state index in [0.29, 0.717) is 13.1 Å². The number of nitrogens with one attached hydrogen (secondary N) is 1. The molecular weight excluding hydrogens is 316 g/mol. The van der Waals surface area contributed by atoms with E-state index in [1.54, 1.807) is 0 Å². The third-order valence-corrected chi connectivity index (χ3v) is 5.73. The minimum absolute atomic E-state index is 0.00464. The minimum atomic E-state index is -0.00464. The molecule has 2 aliphatic heterocycles. The first-order valence-corrected chi connectivity index (χ1v) is 9.62. The largest absolute Gasteiger partial charge is 0.342 e. The van der Waals surface area contributed by atoms with E-state index in [1.807, 2.05) is 11.9 Å². The van der Waals surface area contributed by atoms with Gasteiger partial charge in [0.2, 0.25) is 5.91 Å². The second-order valence-electron chi connectivity index (χ2n) is 7.50. The molecule has 0 saturated carbocycles. The zero-order chi connectivity index (χ0) is 18.0. The van der Waals surface area contributed by atoms with Gasteiger partial charge in [0.05, 0.1) is 11.3 Å². The van der Waals surface area contributed by atoms with E-state index in [9.17, 15) is 9.59 Å². The third kappa shape index (κ3) is 3.78. The van der Waals surface area contributed by atoms with Gasteiger partial charge in [-0.05, 0) is 32.7 Å². The monoisotopic (exact) mass is 346 g/mol. The first kappa shape index (κ1) is 18.1. The highest BCUT2D eigenvalue weighted by Crippen LogP contribution is 2.27. The fourth-order valence-electron chi connectivity index (χ4n) is 4.07. The van der Waals surface area contributed by atoms with Crippen molar-refractivity contribution in [3.05, 3.63) is 27.4 Å². The van der Waals surface area contributed by atoms with E-state index in [1.165, 1.54) is 0 Å². The quantitative estimate of drug-likeness (QED) is 0.904. The summed E-state index contributed by atoms with van der Waals surface area (Å²) in [6, 6.07) is 0. The van der Waals surface area contributed by atoms with Gasteiger partial charge in [0.1, 0.15) is 5.82 Å². The van der Waals surface area contributed by atoms with Crippen LogP contribution in [0.25, 0.3) is 0 Å². The van der Waals surface area contributed by atoms with Crippen LogP contribution in [0.2, 0.25) is 0 Å². The lowest BCUT2D eigenvalue weighted by Gasteiger charge is -2.34. The number of amides is 1. The molecule has 0 spiro atoms. The van der Waals surface area contributed by atoms with Crippen molar-refractivity contribution in [2.45, 2.75) is 58.4 Å². The van der Waals surface area contributed by atoms with Crippen LogP contribution in [0.5, 0.6) is 0 Å². The Labute approximate surface area is 149 Å². The molecule has 138 valence electrons. The van der Waals surface area contributed by atoms with E-state index in [2.05, 4.69) is 23.7 Å². The molecule has 0 aromatic carbocycles. The second-order valence-corrected chi connectivity index (χ2v) is 7.50. The third-order valence-electron chi connectivity index (χ3n) is 5.73. The molecule has 6 heteroatoms. The molecule has 6 nitrogen and oxygen atoms in total. The topological polar surface area (TPSA) is 69.3 Å². The number of aromatic amines is 1. The molecule has 0 bridgehead atoms. The van der Waals surface area contributed by atoms with Gasteiger partial charge < -0.3 is 14.8 Å². The normalized spacial score (nSPS) is 21.4. The van der Waals surface area contributed by atoms with Crippen molar-refractivity contribution in [3.63, 3.8) is 0 Å². The van der Waals surface area contributed by atoms with E-state index in [0.717, 1.165) is 62.3 Å². The predicted molar refractivity (Wildman–Crippen MR) is 97.5 cm³/mol. The van der Waals surface area contributed by atoms with Gasteiger partial charge in [-0.2, -0.15) is 0 Å². The fourth-order valence-corrected chi connectivity index (χ4v) is 4.07. The molecule has 0 aliphatic carbocycles. The van der Waals surface area contributed by atoms with Gasteiger partial charge >= 0.3 is 0 Å². The number of likely N-dealkylation sites (N-methyl/N-ethyl adjacent to an activating group) is 1. The van der Waals surface area contributed by atoms with Crippen LogP contribution in [0.15, 0.2) is 4.79 Å². The summed E-state index contributed by atoms with van der Waals surface area (Å²) in [6.07, 6.45) is 4.55. The SMILES string of the molecule is CCC(CC)C(=O)N1CCC[C@H](c2nc3c(c(=O)[nH]2)CN(C)CC3)C1. The van der Waals surface area contributed by atoms with Crippen LogP contribution >= 0.6 is 0 Å². The number of likely N-dealkylation sites (tertiary alicyclic amines) is 1. The summed E-state index contributed by atoms with van der Waals surface area (Å²) in [5, 5.41) is 0. The second kappa shape index (κ2) is 7.68. The van der Waals surface area contributed by atoms with Gasteiger partial charge in [-0.1, -0.05) is 13.8 Å². The van der Waals surface area contributed by atoms with Gasteiger partial charge in [-0.15, -0.1) is 0 Å². The summed E-state index contributed by atoms with van der Waals surface area (Å²) in [5.41, 5.74) is 1.74. The first-order valence-electron chi connectivity index (χ1n) is 9.62. The van der Waals surface area contributed by atoms with E-state index >= 15 is 0 Å². The number of nitrogens with zero attached hydrogens (tertiary/aromatic N) is 3. The zero-order valence-corrected chi connectivity index (χ0v) is 15.7. The zero-order valence-electron chi connectivity index (χ0n) is 15.7. The van der Waals surface area contributed by atoms with Gasteiger partial charge in [0, 0.05) is 44.4 Å². The van der Waals surface area contributed by atoms with Crippen LogP contribution in [-0.4, -0.2) is 52.4 Å². The Morgan fingerprint density at radius 3 is 2.80 bits per heavy atom. The summed E-state index contributed by atoms with van der Waals surface area (Å²) in [7, 11) is 2.03. The highest BCUT2D eigenvalue weighted by Gasteiger charge is 2.30. The maximum atomic E-state index is 12.7. The summed E-state index contributed by atoms with van der Waals surface area (Å²) < 4.78 is 0. The average Bonchev–Trinajstić information content (AvgIpc) is 2.63. The summed E-state index contributed by atoms with van der Waals surface area (Å²) in [4.78, 5) is 37.1. The maximum absolute atomic E-state index is 12.7.